The molecular formula is C18H25F2N3O3S. The van der Waals surface area contributed by atoms with Gasteiger partial charge in [-0.25, -0.2) is 13.1 Å². The molecule has 27 heavy (non-hydrogen) atoms. The Morgan fingerprint density at radius 2 is 1.93 bits per heavy atom. The molecule has 150 valence electrons. The Balaban J connectivity index is 2.54. The molecule has 6 nitrogen and oxygen atoms in total. The van der Waals surface area contributed by atoms with Gasteiger partial charge in [-0.05, 0) is 33.3 Å². The van der Waals surface area contributed by atoms with E-state index >= 15 is 0 Å². The van der Waals surface area contributed by atoms with Crippen LogP contribution in [0.4, 0.5) is 8.78 Å². The number of sulfonamides is 1. The monoisotopic (exact) mass is 401 g/mol. The average Bonchev–Trinajstić information content (AvgIpc) is 2.88. The molecule has 0 aliphatic carbocycles. The molecule has 0 amide bonds. The largest absolute Gasteiger partial charge is 0.383 e. The molecule has 0 saturated heterocycles. The van der Waals surface area contributed by atoms with E-state index in [4.69, 9.17) is 4.74 Å². The summed E-state index contributed by atoms with van der Waals surface area (Å²) in [4.78, 5) is -0.182. The minimum absolute atomic E-state index is 0.0478. The maximum atomic E-state index is 13.4. The fraction of sp³-hybridized carbons (Fsp3) is 0.500. The molecule has 2 rings (SSSR count). The van der Waals surface area contributed by atoms with Crippen LogP contribution in [0.15, 0.2) is 29.2 Å². The van der Waals surface area contributed by atoms with Gasteiger partial charge in [-0.1, -0.05) is 29.8 Å². The topological polar surface area (TPSA) is 64.4 Å². The number of aryl methyl sites for hydroxylation is 2. The van der Waals surface area contributed by atoms with E-state index in [1.54, 1.807) is 6.92 Å². The summed E-state index contributed by atoms with van der Waals surface area (Å²) in [6.45, 7) is 3.77. The van der Waals surface area contributed by atoms with Gasteiger partial charge in [0.2, 0.25) is 10.0 Å². The lowest BCUT2D eigenvalue weighted by molar-refractivity contribution is 0.0538. The number of halogens is 2. The second-order valence-electron chi connectivity index (χ2n) is 6.57. The third-order valence-corrected chi connectivity index (χ3v) is 6.54. The molecule has 1 heterocycles. The van der Waals surface area contributed by atoms with E-state index in [1.165, 1.54) is 25.3 Å². The lowest BCUT2D eigenvalue weighted by atomic mass is 10.1. The molecular weight excluding hydrogens is 376 g/mol. The molecule has 1 aromatic carbocycles. The first-order valence-electron chi connectivity index (χ1n) is 8.49. The highest BCUT2D eigenvalue weighted by Crippen LogP contribution is 2.29. The number of nitrogens with zero attached hydrogens (tertiary/aromatic N) is 3. The summed E-state index contributed by atoms with van der Waals surface area (Å²) in [5.41, 5.74) is 1.77. The van der Waals surface area contributed by atoms with Crippen molar-refractivity contribution in [2.24, 2.45) is 0 Å². The van der Waals surface area contributed by atoms with E-state index in [0.717, 1.165) is 11.1 Å². The molecule has 0 saturated carbocycles. The van der Waals surface area contributed by atoms with Crippen LogP contribution in [0.25, 0.3) is 0 Å². The molecule has 0 N–H and O–H groups in total. The Morgan fingerprint density at radius 1 is 1.26 bits per heavy atom. The van der Waals surface area contributed by atoms with Crippen molar-refractivity contribution in [3.63, 3.8) is 0 Å². The quantitative estimate of drug-likeness (QED) is 0.680. The molecule has 0 bridgehead atoms. The van der Waals surface area contributed by atoms with Crippen molar-refractivity contribution in [3.05, 3.63) is 46.8 Å². The van der Waals surface area contributed by atoms with Crippen LogP contribution in [0, 0.1) is 20.8 Å². The van der Waals surface area contributed by atoms with Gasteiger partial charge in [0.15, 0.2) is 0 Å². The Bertz CT molecular complexity index is 897. The van der Waals surface area contributed by atoms with E-state index in [1.807, 2.05) is 31.2 Å². The molecule has 0 spiro atoms. The molecule has 0 fully saturated rings. The second kappa shape index (κ2) is 8.45. The van der Waals surface area contributed by atoms with Crippen LogP contribution in [0.1, 0.15) is 36.0 Å². The van der Waals surface area contributed by atoms with Gasteiger partial charge in [0.1, 0.15) is 4.90 Å². The minimum Gasteiger partial charge on any atom is -0.383 e. The van der Waals surface area contributed by atoms with Crippen molar-refractivity contribution in [3.8, 4) is 0 Å². The summed E-state index contributed by atoms with van der Waals surface area (Å²) in [6, 6.07) is 7.00. The lowest BCUT2D eigenvalue weighted by Gasteiger charge is -2.28. The van der Waals surface area contributed by atoms with Gasteiger partial charge >= 0.3 is 6.55 Å². The lowest BCUT2D eigenvalue weighted by Crippen LogP contribution is -2.41. The number of rotatable bonds is 8. The minimum atomic E-state index is -4.07. The van der Waals surface area contributed by atoms with Crippen molar-refractivity contribution in [2.45, 2.75) is 51.7 Å². The van der Waals surface area contributed by atoms with Crippen molar-refractivity contribution in [1.82, 2.24) is 14.1 Å². The number of ether oxygens (including phenoxy) is 1. The Kier molecular flexibility index (Phi) is 6.72. The van der Waals surface area contributed by atoms with Crippen molar-refractivity contribution < 1.29 is 21.9 Å². The van der Waals surface area contributed by atoms with E-state index in [-0.39, 0.29) is 29.4 Å². The first kappa shape index (κ1) is 21.5. The van der Waals surface area contributed by atoms with Crippen LogP contribution >= 0.6 is 0 Å². The van der Waals surface area contributed by atoms with Gasteiger partial charge in [0.25, 0.3) is 0 Å². The Labute approximate surface area is 158 Å². The van der Waals surface area contributed by atoms with Crippen LogP contribution in [-0.2, 0) is 21.3 Å². The standard InChI is InChI=1S/C18H25F2N3O3S/c1-12-7-6-8-16(9-12)10-22(13(2)11-26-5)27(24,25)17-14(3)21-23(15(17)4)18(19)20/h6-9,13,18H,10-11H2,1-5H3/t13-/m0/s1. The van der Waals surface area contributed by atoms with Gasteiger partial charge < -0.3 is 4.74 Å². The molecule has 9 heteroatoms. The normalized spacial score (nSPS) is 13.5. The number of methoxy groups -OCH3 is 1. The molecule has 1 atom stereocenters. The highest BCUT2D eigenvalue weighted by Gasteiger charge is 2.35. The van der Waals surface area contributed by atoms with Crippen LogP contribution in [-0.4, -0.2) is 42.3 Å². The van der Waals surface area contributed by atoms with Crippen molar-refractivity contribution in [2.75, 3.05) is 13.7 Å². The van der Waals surface area contributed by atoms with Crippen molar-refractivity contribution in [1.29, 1.82) is 0 Å². The summed E-state index contributed by atoms with van der Waals surface area (Å²) >= 11 is 0. The van der Waals surface area contributed by atoms with E-state index in [2.05, 4.69) is 5.10 Å². The predicted molar refractivity (Wildman–Crippen MR) is 98.2 cm³/mol. The fourth-order valence-corrected chi connectivity index (χ4v) is 5.09. The molecule has 1 aromatic heterocycles. The van der Waals surface area contributed by atoms with Gasteiger partial charge in [0.05, 0.1) is 18.0 Å². The zero-order valence-corrected chi connectivity index (χ0v) is 16.9. The highest BCUT2D eigenvalue weighted by molar-refractivity contribution is 7.89. The second-order valence-corrected chi connectivity index (χ2v) is 8.39. The fourth-order valence-electron chi connectivity index (χ4n) is 3.12. The molecule has 0 radical (unpaired) electrons. The summed E-state index contributed by atoms with van der Waals surface area (Å²) < 4.78 is 59.9. The molecule has 0 aliphatic rings. The number of hydrogen-bond donors (Lipinski definition) is 0. The molecule has 0 unspecified atom stereocenters. The zero-order chi connectivity index (χ0) is 20.4. The van der Waals surface area contributed by atoms with E-state index < -0.39 is 22.6 Å². The third kappa shape index (κ3) is 4.53. The average molecular weight is 401 g/mol. The number of hydrogen-bond acceptors (Lipinski definition) is 4. The highest BCUT2D eigenvalue weighted by atomic mass is 32.2. The van der Waals surface area contributed by atoms with Crippen LogP contribution in [0.2, 0.25) is 0 Å². The Morgan fingerprint density at radius 3 is 2.44 bits per heavy atom. The van der Waals surface area contributed by atoms with Gasteiger partial charge in [-0.15, -0.1) is 0 Å². The predicted octanol–water partition coefficient (Wildman–Crippen LogP) is 3.43. The summed E-state index contributed by atoms with van der Waals surface area (Å²) in [5, 5.41) is 3.71. The van der Waals surface area contributed by atoms with E-state index in [0.29, 0.717) is 4.68 Å². The van der Waals surface area contributed by atoms with Crippen LogP contribution in [0.3, 0.4) is 0 Å². The first-order chi connectivity index (χ1) is 12.6. The number of benzene rings is 1. The van der Waals surface area contributed by atoms with Crippen LogP contribution < -0.4 is 0 Å². The number of alkyl halides is 2. The summed E-state index contributed by atoms with van der Waals surface area (Å²) in [5.74, 6) is 0. The SMILES string of the molecule is COC[C@H](C)N(Cc1cccc(C)c1)S(=O)(=O)c1c(C)nn(C(F)F)c1C. The third-order valence-electron chi connectivity index (χ3n) is 4.33. The first-order valence-corrected chi connectivity index (χ1v) is 9.93. The zero-order valence-electron chi connectivity index (χ0n) is 16.1. The summed E-state index contributed by atoms with van der Waals surface area (Å²) in [6.07, 6.45) is 0. The number of aromatic nitrogens is 2. The maximum Gasteiger partial charge on any atom is 0.333 e. The van der Waals surface area contributed by atoms with Gasteiger partial charge in [-0.3, -0.25) is 0 Å². The maximum absolute atomic E-state index is 13.4. The van der Waals surface area contributed by atoms with Gasteiger partial charge in [-0.2, -0.15) is 18.2 Å². The van der Waals surface area contributed by atoms with Crippen molar-refractivity contribution >= 4 is 10.0 Å². The Hall–Kier alpha value is -1.84. The molecule has 2 aromatic rings. The van der Waals surface area contributed by atoms with Gasteiger partial charge in [0, 0.05) is 19.7 Å². The van der Waals surface area contributed by atoms with Crippen LogP contribution in [0.5, 0.6) is 0 Å². The van der Waals surface area contributed by atoms with E-state index in [9.17, 15) is 17.2 Å². The molecule has 0 aliphatic heterocycles. The smallest absolute Gasteiger partial charge is 0.333 e. The summed E-state index contributed by atoms with van der Waals surface area (Å²) in [7, 11) is -2.59.